The van der Waals surface area contributed by atoms with Gasteiger partial charge in [-0.2, -0.15) is 0 Å². The lowest BCUT2D eigenvalue weighted by Gasteiger charge is -2.22. The highest BCUT2D eigenvalue weighted by molar-refractivity contribution is 6.30. The molecule has 142 valence electrons. The number of carbonyl (C=O) groups is 2. The Morgan fingerprint density at radius 2 is 1.93 bits per heavy atom. The minimum atomic E-state index is -0.337. The molecule has 0 unspecified atom stereocenters. The molecule has 2 aliphatic carbocycles. The third kappa shape index (κ3) is 3.43. The summed E-state index contributed by atoms with van der Waals surface area (Å²) in [4.78, 5) is 28.7. The van der Waals surface area contributed by atoms with E-state index in [2.05, 4.69) is 11.9 Å². The van der Waals surface area contributed by atoms with Crippen molar-refractivity contribution in [2.75, 3.05) is 0 Å². The maximum atomic E-state index is 12.8. The molecule has 1 fully saturated rings. The van der Waals surface area contributed by atoms with E-state index in [9.17, 15) is 9.59 Å². The number of carbonyl (C=O) groups excluding carboxylic acids is 2. The number of aromatic amines is 1. The fourth-order valence-corrected chi connectivity index (χ4v) is 4.62. The first-order valence-electron chi connectivity index (χ1n) is 9.65. The molecule has 4 rings (SSSR count). The molecule has 5 heteroatoms. The first-order valence-corrected chi connectivity index (χ1v) is 10.0. The molecule has 0 spiro atoms. The van der Waals surface area contributed by atoms with Crippen LogP contribution in [0, 0.1) is 12.8 Å². The molecule has 1 N–H and O–H groups in total. The molecule has 1 heterocycles. The highest BCUT2D eigenvalue weighted by Gasteiger charge is 2.34. The van der Waals surface area contributed by atoms with E-state index < -0.39 is 0 Å². The summed E-state index contributed by atoms with van der Waals surface area (Å²) in [6, 6.07) is 7.64. The van der Waals surface area contributed by atoms with E-state index in [4.69, 9.17) is 16.3 Å². The first kappa shape index (κ1) is 18.3. The minimum Gasteiger partial charge on any atom is -0.457 e. The number of fused-ring (bicyclic) bond motifs is 1. The smallest absolute Gasteiger partial charge is 0.355 e. The second-order valence-corrected chi connectivity index (χ2v) is 8.35. The van der Waals surface area contributed by atoms with E-state index in [1.807, 2.05) is 31.2 Å². The largest absolute Gasteiger partial charge is 0.457 e. The third-order valence-electron chi connectivity index (χ3n) is 6.08. The predicted octanol–water partition coefficient (Wildman–Crippen LogP) is 5.23. The zero-order valence-electron chi connectivity index (χ0n) is 15.7. The van der Waals surface area contributed by atoms with Gasteiger partial charge >= 0.3 is 5.97 Å². The number of H-pyrrole nitrogens is 1. The Bertz CT molecular complexity index is 884. The normalized spacial score (nSPS) is 24.7. The lowest BCUT2D eigenvalue weighted by atomic mass is 9.81. The number of esters is 1. The summed E-state index contributed by atoms with van der Waals surface area (Å²) in [7, 11) is 0. The summed E-state index contributed by atoms with van der Waals surface area (Å²) >= 11 is 5.97. The Morgan fingerprint density at radius 3 is 2.59 bits per heavy atom. The van der Waals surface area contributed by atoms with Gasteiger partial charge in [0.1, 0.15) is 11.8 Å². The summed E-state index contributed by atoms with van der Waals surface area (Å²) in [5.41, 5.74) is 3.76. The molecule has 2 aromatic rings. The summed E-state index contributed by atoms with van der Waals surface area (Å²) < 4.78 is 5.73. The summed E-state index contributed by atoms with van der Waals surface area (Å²) in [6.45, 7) is 3.96. The van der Waals surface area contributed by atoms with Crippen LogP contribution < -0.4 is 0 Å². The van der Waals surface area contributed by atoms with Gasteiger partial charge in [0.25, 0.3) is 0 Å². The van der Waals surface area contributed by atoms with Crippen molar-refractivity contribution in [1.29, 1.82) is 0 Å². The number of ketones is 1. The maximum Gasteiger partial charge on any atom is 0.355 e. The molecule has 1 aromatic heterocycles. The van der Waals surface area contributed by atoms with E-state index in [-0.39, 0.29) is 23.8 Å². The van der Waals surface area contributed by atoms with E-state index >= 15 is 0 Å². The van der Waals surface area contributed by atoms with Gasteiger partial charge in [0.2, 0.25) is 0 Å². The third-order valence-corrected chi connectivity index (χ3v) is 6.33. The molecule has 0 amide bonds. The number of rotatable bonds is 3. The van der Waals surface area contributed by atoms with Gasteiger partial charge in [-0.15, -0.1) is 0 Å². The minimum absolute atomic E-state index is 0.0188. The molecular formula is C22H24ClNO3. The van der Waals surface area contributed by atoms with Crippen molar-refractivity contribution in [3.8, 4) is 0 Å². The van der Waals surface area contributed by atoms with Gasteiger partial charge in [0, 0.05) is 22.7 Å². The van der Waals surface area contributed by atoms with Crippen LogP contribution in [0.2, 0.25) is 5.02 Å². The summed E-state index contributed by atoms with van der Waals surface area (Å²) in [6.07, 6.45) is 4.25. The van der Waals surface area contributed by atoms with Crippen LogP contribution >= 0.6 is 11.6 Å². The second-order valence-electron chi connectivity index (χ2n) is 7.91. The van der Waals surface area contributed by atoms with Crippen molar-refractivity contribution in [3.63, 3.8) is 0 Å². The monoisotopic (exact) mass is 385 g/mol. The number of benzene rings is 1. The molecule has 0 aliphatic heterocycles. The molecule has 1 saturated carbocycles. The molecular weight excluding hydrogens is 362 g/mol. The van der Waals surface area contributed by atoms with Crippen LogP contribution in [0.15, 0.2) is 24.3 Å². The van der Waals surface area contributed by atoms with Crippen molar-refractivity contribution in [1.82, 2.24) is 4.98 Å². The highest BCUT2D eigenvalue weighted by Crippen LogP contribution is 2.36. The molecule has 27 heavy (non-hydrogen) atoms. The average Bonchev–Trinajstić information content (AvgIpc) is 3.19. The van der Waals surface area contributed by atoms with Gasteiger partial charge < -0.3 is 9.72 Å². The van der Waals surface area contributed by atoms with Crippen molar-refractivity contribution < 1.29 is 14.3 Å². The topological polar surface area (TPSA) is 59.2 Å². The molecule has 4 nitrogen and oxygen atoms in total. The molecule has 0 saturated heterocycles. The lowest BCUT2D eigenvalue weighted by molar-refractivity contribution is 0.0219. The predicted molar refractivity (Wildman–Crippen MR) is 105 cm³/mol. The van der Waals surface area contributed by atoms with E-state index in [1.54, 1.807) is 0 Å². The SMILES string of the molecule is Cc1c(C(=O)O[C@H]2CCC[C@H]2C)[nH]c2c1C(=O)C[C@@H](c1ccc(Cl)cc1)C2. The van der Waals surface area contributed by atoms with Gasteiger partial charge in [-0.3, -0.25) is 4.79 Å². The zero-order chi connectivity index (χ0) is 19.1. The molecule has 0 radical (unpaired) electrons. The molecule has 1 aromatic carbocycles. The Labute approximate surface area is 164 Å². The van der Waals surface area contributed by atoms with Crippen molar-refractivity contribution in [3.05, 3.63) is 57.4 Å². The van der Waals surface area contributed by atoms with Gasteiger partial charge in [-0.05, 0) is 67.7 Å². The highest BCUT2D eigenvalue weighted by atomic mass is 35.5. The summed E-state index contributed by atoms with van der Waals surface area (Å²) in [5.74, 6) is 0.239. The van der Waals surface area contributed by atoms with Crippen LogP contribution in [-0.4, -0.2) is 22.8 Å². The van der Waals surface area contributed by atoms with E-state index in [1.165, 1.54) is 0 Å². The van der Waals surface area contributed by atoms with Crippen LogP contribution in [0.25, 0.3) is 0 Å². The molecule has 3 atom stereocenters. The Kier molecular flexibility index (Phi) is 4.85. The fourth-order valence-electron chi connectivity index (χ4n) is 4.49. The van der Waals surface area contributed by atoms with Gasteiger partial charge in [-0.25, -0.2) is 4.79 Å². The number of hydrogen-bond donors (Lipinski definition) is 1. The van der Waals surface area contributed by atoms with Crippen LogP contribution in [0.3, 0.4) is 0 Å². The quantitative estimate of drug-likeness (QED) is 0.735. The second kappa shape index (κ2) is 7.16. The number of halogens is 1. The lowest BCUT2D eigenvalue weighted by Crippen LogP contribution is -2.21. The van der Waals surface area contributed by atoms with Crippen molar-refractivity contribution in [2.24, 2.45) is 5.92 Å². The maximum absolute atomic E-state index is 12.8. The Balaban J connectivity index is 1.58. The molecule has 2 aliphatic rings. The Morgan fingerprint density at radius 1 is 1.19 bits per heavy atom. The van der Waals surface area contributed by atoms with Gasteiger partial charge in [0.15, 0.2) is 5.78 Å². The van der Waals surface area contributed by atoms with E-state index in [0.717, 1.165) is 36.1 Å². The first-order chi connectivity index (χ1) is 12.9. The number of nitrogens with one attached hydrogen (secondary N) is 1. The number of Topliss-reactive ketones (excluding diaryl/α,β-unsaturated/α-hetero) is 1. The number of aromatic nitrogens is 1. The Hall–Kier alpha value is -2.07. The zero-order valence-corrected chi connectivity index (χ0v) is 16.4. The van der Waals surface area contributed by atoms with Crippen LogP contribution in [-0.2, 0) is 11.2 Å². The van der Waals surface area contributed by atoms with Crippen molar-refractivity contribution >= 4 is 23.4 Å². The fraction of sp³-hybridized carbons (Fsp3) is 0.455. The van der Waals surface area contributed by atoms with Crippen molar-refractivity contribution in [2.45, 2.75) is 58.0 Å². The van der Waals surface area contributed by atoms with E-state index in [0.29, 0.717) is 35.0 Å². The number of hydrogen-bond acceptors (Lipinski definition) is 3. The summed E-state index contributed by atoms with van der Waals surface area (Å²) in [5, 5.41) is 0.684. The average molecular weight is 386 g/mol. The van der Waals surface area contributed by atoms with Crippen LogP contribution in [0.5, 0.6) is 0 Å². The molecule has 0 bridgehead atoms. The van der Waals surface area contributed by atoms with Crippen LogP contribution in [0.1, 0.15) is 76.2 Å². The standard InChI is InChI=1S/C22H24ClNO3/c1-12-4-3-5-19(12)27-22(26)21-13(2)20-17(24-21)10-15(11-18(20)25)14-6-8-16(23)9-7-14/h6-9,12,15,19,24H,3-5,10-11H2,1-2H3/t12-,15+,19+/m1/s1. The van der Waals surface area contributed by atoms with Gasteiger partial charge in [-0.1, -0.05) is 30.7 Å². The van der Waals surface area contributed by atoms with Gasteiger partial charge in [0.05, 0.1) is 0 Å². The number of ether oxygens (including phenoxy) is 1. The van der Waals surface area contributed by atoms with Crippen LogP contribution in [0.4, 0.5) is 0 Å².